The Morgan fingerprint density at radius 1 is 0.458 bits per heavy atom. The van der Waals surface area contributed by atoms with E-state index in [0.29, 0.717) is 0 Å². The number of hydrogen-bond acceptors (Lipinski definition) is 2. The number of hydrogen-bond donors (Lipinski definition) is 0. The third-order valence-electron chi connectivity index (χ3n) is 3.72. The van der Waals surface area contributed by atoms with Gasteiger partial charge in [-0.25, -0.2) is 30.7 Å². The van der Waals surface area contributed by atoms with Crippen molar-refractivity contribution in [3.8, 4) is 0 Å². The molecule has 3 rings (SSSR count). The molecule has 0 aliphatic heterocycles. The van der Waals surface area contributed by atoms with Gasteiger partial charge in [0.05, 0.1) is 22.3 Å². The van der Waals surface area contributed by atoms with Gasteiger partial charge in [-0.05, 0) is 6.92 Å². The van der Waals surface area contributed by atoms with Crippen LogP contribution in [0.25, 0.3) is 0 Å². The smallest absolute Gasteiger partial charge is 0.200 e. The lowest BCUT2D eigenvalue weighted by Gasteiger charge is -2.21. The van der Waals surface area contributed by atoms with Gasteiger partial charge in [-0.15, -0.1) is 0 Å². The number of halogens is 7. The molecular formula is C15H3F7O2. The molecule has 0 atom stereocenters. The molecule has 1 aliphatic rings. The molecule has 2 nitrogen and oxygen atoms in total. The van der Waals surface area contributed by atoms with Crippen molar-refractivity contribution >= 4 is 11.6 Å². The van der Waals surface area contributed by atoms with Gasteiger partial charge < -0.3 is 0 Å². The molecule has 0 fully saturated rings. The average Bonchev–Trinajstić information content (AvgIpc) is 2.55. The maximum absolute atomic E-state index is 14.1. The van der Waals surface area contributed by atoms with Crippen LogP contribution < -0.4 is 0 Å². The summed E-state index contributed by atoms with van der Waals surface area (Å²) < 4.78 is 95.8. The van der Waals surface area contributed by atoms with Gasteiger partial charge >= 0.3 is 0 Å². The van der Waals surface area contributed by atoms with Crippen molar-refractivity contribution < 1.29 is 40.3 Å². The van der Waals surface area contributed by atoms with Gasteiger partial charge in [0, 0.05) is 5.56 Å². The first-order valence-electron chi connectivity index (χ1n) is 6.23. The predicted molar refractivity (Wildman–Crippen MR) is 64.2 cm³/mol. The normalized spacial score (nSPS) is 13.2. The third-order valence-corrected chi connectivity index (χ3v) is 3.72. The van der Waals surface area contributed by atoms with Crippen LogP contribution in [0.15, 0.2) is 0 Å². The summed E-state index contributed by atoms with van der Waals surface area (Å²) in [6.07, 6.45) is 0. The molecule has 1 aliphatic carbocycles. The summed E-state index contributed by atoms with van der Waals surface area (Å²) in [5.74, 6) is -18.4. The molecule has 0 heterocycles. The topological polar surface area (TPSA) is 34.1 Å². The lowest BCUT2D eigenvalue weighted by Crippen LogP contribution is -2.29. The minimum atomic E-state index is -2.41. The monoisotopic (exact) mass is 348 g/mol. The fourth-order valence-electron chi connectivity index (χ4n) is 2.51. The Labute approximate surface area is 128 Å². The summed E-state index contributed by atoms with van der Waals surface area (Å²) in [6, 6.07) is 0. The molecule has 24 heavy (non-hydrogen) atoms. The molecule has 0 unspecified atom stereocenters. The van der Waals surface area contributed by atoms with Gasteiger partial charge in [0.15, 0.2) is 34.9 Å². The fourth-order valence-corrected chi connectivity index (χ4v) is 2.51. The molecule has 0 bridgehead atoms. The molecule has 2 aromatic rings. The SMILES string of the molecule is Cc1c(F)c(F)c2c(c1F)C(=O)c1c(F)c(F)c(F)c(F)c1C2=O. The lowest BCUT2D eigenvalue weighted by molar-refractivity contribution is 0.0961. The van der Waals surface area contributed by atoms with Crippen LogP contribution in [0.1, 0.15) is 37.4 Å². The zero-order chi connectivity index (χ0) is 18.1. The molecule has 0 N–H and O–H groups in total. The van der Waals surface area contributed by atoms with E-state index >= 15 is 0 Å². The summed E-state index contributed by atoms with van der Waals surface area (Å²) >= 11 is 0. The molecule has 2 aromatic carbocycles. The molecule has 0 saturated carbocycles. The Bertz CT molecular complexity index is 826. The average molecular weight is 348 g/mol. The Kier molecular flexibility index (Phi) is 3.29. The summed E-state index contributed by atoms with van der Waals surface area (Å²) in [7, 11) is 0. The van der Waals surface area contributed by atoms with Crippen molar-refractivity contribution in [2.75, 3.05) is 0 Å². The van der Waals surface area contributed by atoms with Crippen molar-refractivity contribution in [3.05, 3.63) is 68.5 Å². The third kappa shape index (κ3) is 1.72. The number of fused-ring (bicyclic) bond motifs is 2. The molecule has 0 radical (unpaired) electrons. The van der Waals surface area contributed by atoms with Gasteiger partial charge in [-0.1, -0.05) is 0 Å². The van der Waals surface area contributed by atoms with Crippen molar-refractivity contribution in [2.24, 2.45) is 0 Å². The van der Waals surface area contributed by atoms with E-state index in [4.69, 9.17) is 0 Å². The van der Waals surface area contributed by atoms with Gasteiger partial charge in [-0.3, -0.25) is 9.59 Å². The van der Waals surface area contributed by atoms with Gasteiger partial charge in [0.25, 0.3) is 0 Å². The highest BCUT2D eigenvalue weighted by molar-refractivity contribution is 6.28. The van der Waals surface area contributed by atoms with Crippen molar-refractivity contribution in [3.63, 3.8) is 0 Å². The zero-order valence-corrected chi connectivity index (χ0v) is 11.5. The summed E-state index contributed by atoms with van der Waals surface area (Å²) in [5, 5.41) is 0. The van der Waals surface area contributed by atoms with Crippen molar-refractivity contribution in [2.45, 2.75) is 6.92 Å². The quantitative estimate of drug-likeness (QED) is 0.352. The maximum atomic E-state index is 14.1. The molecule has 0 saturated heterocycles. The van der Waals surface area contributed by atoms with Gasteiger partial charge in [0.2, 0.25) is 11.6 Å². The number of carbonyl (C=O) groups excluding carboxylic acids is 2. The number of carbonyl (C=O) groups is 2. The maximum Gasteiger partial charge on any atom is 0.200 e. The first kappa shape index (κ1) is 16.2. The van der Waals surface area contributed by atoms with Crippen molar-refractivity contribution in [1.29, 1.82) is 0 Å². The molecule has 0 amide bonds. The van der Waals surface area contributed by atoms with E-state index in [9.17, 15) is 40.3 Å². The Morgan fingerprint density at radius 3 is 1.12 bits per heavy atom. The van der Waals surface area contributed by atoms with E-state index < -0.39 is 80.1 Å². The predicted octanol–water partition coefficient (Wildman–Crippen LogP) is 3.74. The first-order valence-corrected chi connectivity index (χ1v) is 6.23. The highest BCUT2D eigenvalue weighted by Crippen LogP contribution is 2.37. The highest BCUT2D eigenvalue weighted by atomic mass is 19.2. The van der Waals surface area contributed by atoms with Crippen LogP contribution in [0.4, 0.5) is 30.7 Å². The lowest BCUT2D eigenvalue weighted by atomic mass is 9.81. The Hall–Kier alpha value is -2.71. The number of rotatable bonds is 0. The Morgan fingerprint density at radius 2 is 0.750 bits per heavy atom. The van der Waals surface area contributed by atoms with Crippen LogP contribution in [0.5, 0.6) is 0 Å². The van der Waals surface area contributed by atoms with E-state index in [1.54, 1.807) is 0 Å². The van der Waals surface area contributed by atoms with Crippen LogP contribution >= 0.6 is 0 Å². The Balaban J connectivity index is 2.53. The second-order valence-corrected chi connectivity index (χ2v) is 4.98. The van der Waals surface area contributed by atoms with Crippen LogP contribution in [-0.4, -0.2) is 11.6 Å². The van der Waals surface area contributed by atoms with Crippen LogP contribution in [0.2, 0.25) is 0 Å². The summed E-state index contributed by atoms with van der Waals surface area (Å²) in [4.78, 5) is 24.3. The van der Waals surface area contributed by atoms with Crippen LogP contribution in [0, 0.1) is 47.6 Å². The summed E-state index contributed by atoms with van der Waals surface area (Å²) in [6.45, 7) is 0.740. The number of ketones is 2. The van der Waals surface area contributed by atoms with Crippen LogP contribution in [0.3, 0.4) is 0 Å². The highest BCUT2D eigenvalue weighted by Gasteiger charge is 2.43. The standard InChI is InChI=1S/C15H3F7O2/c1-2-7(16)3-4(9(18)8(2)17)15(24)6-5(14(3)23)10(19)12(21)13(22)11(6)20/h1H3. The summed E-state index contributed by atoms with van der Waals surface area (Å²) in [5.41, 5.74) is -7.05. The number of benzene rings is 2. The van der Waals surface area contributed by atoms with E-state index in [-0.39, 0.29) is 0 Å². The molecular weight excluding hydrogens is 345 g/mol. The fraction of sp³-hybridized carbons (Fsp3) is 0.0667. The van der Waals surface area contributed by atoms with E-state index in [2.05, 4.69) is 0 Å². The molecule has 124 valence electrons. The molecule has 9 heteroatoms. The second kappa shape index (κ2) is 4.89. The van der Waals surface area contributed by atoms with Crippen LogP contribution in [-0.2, 0) is 0 Å². The van der Waals surface area contributed by atoms with E-state index in [1.807, 2.05) is 0 Å². The van der Waals surface area contributed by atoms with Gasteiger partial charge in [0.1, 0.15) is 5.82 Å². The largest absolute Gasteiger partial charge is 0.288 e. The molecule has 0 spiro atoms. The first-order chi connectivity index (χ1) is 11.1. The minimum absolute atomic E-state index is 0.740. The minimum Gasteiger partial charge on any atom is -0.288 e. The van der Waals surface area contributed by atoms with Crippen molar-refractivity contribution in [1.82, 2.24) is 0 Å². The van der Waals surface area contributed by atoms with E-state index in [1.165, 1.54) is 0 Å². The van der Waals surface area contributed by atoms with E-state index in [0.717, 1.165) is 6.92 Å². The molecule has 0 aromatic heterocycles. The van der Waals surface area contributed by atoms with Gasteiger partial charge in [-0.2, -0.15) is 0 Å². The zero-order valence-electron chi connectivity index (χ0n) is 11.5. The second-order valence-electron chi connectivity index (χ2n) is 4.98.